The van der Waals surface area contributed by atoms with Gasteiger partial charge in [0, 0.05) is 27.1 Å². The molecule has 2 amide bonds. The number of carbonyl (C=O) groups is 2. The van der Waals surface area contributed by atoms with Crippen molar-refractivity contribution in [3.63, 3.8) is 0 Å². The number of amides is 2. The molecular formula is C12H24N2O3. The standard InChI is InChI=1S/C12H24N2O3/c1-4-5-10(6-7-11(15)16)8-9-13-12(17)14(2)3/h10H,4-9H2,1-3H3,(H,13,17)(H,15,16). The lowest BCUT2D eigenvalue weighted by Crippen LogP contribution is -2.35. The molecule has 0 fully saturated rings. The first kappa shape index (κ1) is 15.7. The zero-order valence-corrected chi connectivity index (χ0v) is 11.0. The Labute approximate surface area is 103 Å². The smallest absolute Gasteiger partial charge is 0.316 e. The van der Waals surface area contributed by atoms with Gasteiger partial charge in [-0.1, -0.05) is 19.8 Å². The lowest BCUT2D eigenvalue weighted by Gasteiger charge is -2.17. The van der Waals surface area contributed by atoms with Crippen molar-refractivity contribution in [2.75, 3.05) is 20.6 Å². The van der Waals surface area contributed by atoms with Gasteiger partial charge in [0.15, 0.2) is 0 Å². The minimum Gasteiger partial charge on any atom is -0.481 e. The largest absolute Gasteiger partial charge is 0.481 e. The van der Waals surface area contributed by atoms with Crippen LogP contribution < -0.4 is 5.32 Å². The second kappa shape index (κ2) is 8.84. The van der Waals surface area contributed by atoms with E-state index < -0.39 is 5.97 Å². The van der Waals surface area contributed by atoms with Crippen LogP contribution in [0.2, 0.25) is 0 Å². The Bertz CT molecular complexity index is 242. The summed E-state index contributed by atoms with van der Waals surface area (Å²) in [4.78, 5) is 23.3. The predicted molar refractivity (Wildman–Crippen MR) is 67.0 cm³/mol. The van der Waals surface area contributed by atoms with Gasteiger partial charge in [-0.25, -0.2) is 4.79 Å². The Balaban J connectivity index is 3.83. The number of carboxylic acids is 1. The van der Waals surface area contributed by atoms with Gasteiger partial charge in [-0.05, 0) is 18.8 Å². The van der Waals surface area contributed by atoms with E-state index in [-0.39, 0.29) is 12.5 Å². The van der Waals surface area contributed by atoms with Gasteiger partial charge in [0.2, 0.25) is 0 Å². The maximum atomic E-state index is 11.3. The summed E-state index contributed by atoms with van der Waals surface area (Å²) in [5, 5.41) is 11.4. The summed E-state index contributed by atoms with van der Waals surface area (Å²) in [5.41, 5.74) is 0. The minimum atomic E-state index is -0.747. The second-order valence-electron chi connectivity index (χ2n) is 4.50. The van der Waals surface area contributed by atoms with Crippen LogP contribution in [0.25, 0.3) is 0 Å². The van der Waals surface area contributed by atoms with E-state index in [0.717, 1.165) is 19.3 Å². The second-order valence-corrected chi connectivity index (χ2v) is 4.50. The molecule has 5 heteroatoms. The highest BCUT2D eigenvalue weighted by Gasteiger charge is 2.11. The van der Waals surface area contributed by atoms with Crippen molar-refractivity contribution < 1.29 is 14.7 Å². The molecule has 17 heavy (non-hydrogen) atoms. The first-order valence-electron chi connectivity index (χ1n) is 6.14. The van der Waals surface area contributed by atoms with E-state index in [0.29, 0.717) is 18.9 Å². The highest BCUT2D eigenvalue weighted by molar-refractivity contribution is 5.73. The summed E-state index contributed by atoms with van der Waals surface area (Å²) in [5.74, 6) is -0.359. The molecule has 0 heterocycles. The molecule has 0 radical (unpaired) electrons. The average Bonchev–Trinajstić information content (AvgIpc) is 2.25. The fourth-order valence-corrected chi connectivity index (χ4v) is 1.71. The highest BCUT2D eigenvalue weighted by atomic mass is 16.4. The van der Waals surface area contributed by atoms with Gasteiger partial charge in [0.25, 0.3) is 0 Å². The summed E-state index contributed by atoms with van der Waals surface area (Å²) in [6.07, 6.45) is 3.82. The zero-order valence-electron chi connectivity index (χ0n) is 11.0. The maximum Gasteiger partial charge on any atom is 0.316 e. The van der Waals surface area contributed by atoms with Gasteiger partial charge in [-0.3, -0.25) is 4.79 Å². The Morgan fingerprint density at radius 2 is 1.88 bits per heavy atom. The van der Waals surface area contributed by atoms with E-state index in [2.05, 4.69) is 12.2 Å². The summed E-state index contributed by atoms with van der Waals surface area (Å²) in [6.45, 7) is 2.70. The fraction of sp³-hybridized carbons (Fsp3) is 0.833. The third-order valence-electron chi connectivity index (χ3n) is 2.70. The number of carboxylic acid groups (broad SMARTS) is 1. The van der Waals surface area contributed by atoms with E-state index in [1.807, 2.05) is 0 Å². The molecule has 0 aliphatic carbocycles. The SMILES string of the molecule is CCCC(CCNC(=O)N(C)C)CCC(=O)O. The van der Waals surface area contributed by atoms with Crippen LogP contribution in [0.1, 0.15) is 39.0 Å². The molecule has 0 saturated heterocycles. The van der Waals surface area contributed by atoms with Crippen molar-refractivity contribution >= 4 is 12.0 Å². The summed E-state index contributed by atoms with van der Waals surface area (Å²) >= 11 is 0. The molecule has 0 saturated carbocycles. The van der Waals surface area contributed by atoms with Crippen molar-refractivity contribution in [3.8, 4) is 0 Å². The molecule has 1 unspecified atom stereocenters. The van der Waals surface area contributed by atoms with E-state index in [1.165, 1.54) is 4.90 Å². The van der Waals surface area contributed by atoms with Crippen molar-refractivity contribution in [3.05, 3.63) is 0 Å². The van der Waals surface area contributed by atoms with E-state index in [4.69, 9.17) is 5.11 Å². The molecule has 100 valence electrons. The molecule has 1 atom stereocenters. The summed E-state index contributed by atoms with van der Waals surface area (Å²) in [6, 6.07) is -0.0986. The predicted octanol–water partition coefficient (Wildman–Crippen LogP) is 1.93. The van der Waals surface area contributed by atoms with Crippen molar-refractivity contribution in [1.82, 2.24) is 10.2 Å². The molecule has 0 aromatic carbocycles. The number of hydrogen-bond acceptors (Lipinski definition) is 2. The van der Waals surface area contributed by atoms with Crippen molar-refractivity contribution in [2.45, 2.75) is 39.0 Å². The Hall–Kier alpha value is -1.26. The zero-order chi connectivity index (χ0) is 13.3. The van der Waals surface area contributed by atoms with Crippen molar-refractivity contribution in [2.24, 2.45) is 5.92 Å². The topological polar surface area (TPSA) is 69.6 Å². The molecule has 0 aliphatic heterocycles. The Kier molecular flexibility index (Phi) is 8.19. The van der Waals surface area contributed by atoms with Crippen LogP contribution >= 0.6 is 0 Å². The molecule has 2 N–H and O–H groups in total. The van der Waals surface area contributed by atoms with E-state index in [9.17, 15) is 9.59 Å². The van der Waals surface area contributed by atoms with E-state index >= 15 is 0 Å². The monoisotopic (exact) mass is 244 g/mol. The van der Waals surface area contributed by atoms with Gasteiger partial charge in [0.05, 0.1) is 0 Å². The molecule has 0 rings (SSSR count). The number of hydrogen-bond donors (Lipinski definition) is 2. The Morgan fingerprint density at radius 1 is 1.24 bits per heavy atom. The molecule has 0 bridgehead atoms. The fourth-order valence-electron chi connectivity index (χ4n) is 1.71. The molecule has 5 nitrogen and oxygen atoms in total. The van der Waals surface area contributed by atoms with Crippen LogP contribution in [-0.4, -0.2) is 42.6 Å². The van der Waals surface area contributed by atoms with Gasteiger partial charge >= 0.3 is 12.0 Å². The van der Waals surface area contributed by atoms with Crippen LogP contribution in [-0.2, 0) is 4.79 Å². The molecule has 0 aromatic rings. The molecule has 0 aliphatic rings. The van der Waals surface area contributed by atoms with Crippen molar-refractivity contribution in [1.29, 1.82) is 0 Å². The maximum absolute atomic E-state index is 11.3. The number of rotatable bonds is 8. The number of nitrogens with zero attached hydrogens (tertiary/aromatic N) is 1. The first-order valence-corrected chi connectivity index (χ1v) is 6.14. The number of carbonyl (C=O) groups excluding carboxylic acids is 1. The average molecular weight is 244 g/mol. The first-order chi connectivity index (χ1) is 7.97. The van der Waals surface area contributed by atoms with Gasteiger partial charge in [-0.2, -0.15) is 0 Å². The lowest BCUT2D eigenvalue weighted by atomic mass is 9.94. The van der Waals surface area contributed by atoms with Gasteiger partial charge in [0.1, 0.15) is 0 Å². The third-order valence-corrected chi connectivity index (χ3v) is 2.70. The van der Waals surface area contributed by atoms with Crippen LogP contribution in [0.15, 0.2) is 0 Å². The number of nitrogens with one attached hydrogen (secondary N) is 1. The molecule has 0 aromatic heterocycles. The van der Waals surface area contributed by atoms with Crippen LogP contribution in [0.3, 0.4) is 0 Å². The highest BCUT2D eigenvalue weighted by Crippen LogP contribution is 2.17. The summed E-state index contributed by atoms with van der Waals surface area (Å²) < 4.78 is 0. The van der Waals surface area contributed by atoms with E-state index in [1.54, 1.807) is 14.1 Å². The Morgan fingerprint density at radius 3 is 2.35 bits per heavy atom. The summed E-state index contributed by atoms with van der Waals surface area (Å²) in [7, 11) is 3.40. The quantitative estimate of drug-likeness (QED) is 0.685. The van der Waals surface area contributed by atoms with Crippen LogP contribution in [0, 0.1) is 5.92 Å². The minimum absolute atomic E-state index is 0.0986. The molecule has 0 spiro atoms. The van der Waals surface area contributed by atoms with Crippen LogP contribution in [0.5, 0.6) is 0 Å². The lowest BCUT2D eigenvalue weighted by molar-refractivity contribution is -0.137. The van der Waals surface area contributed by atoms with Crippen LogP contribution in [0.4, 0.5) is 4.79 Å². The normalized spacial score (nSPS) is 11.9. The number of aliphatic carboxylic acids is 1. The number of urea groups is 1. The van der Waals surface area contributed by atoms with Gasteiger partial charge < -0.3 is 15.3 Å². The molecular weight excluding hydrogens is 220 g/mol. The third kappa shape index (κ3) is 8.54. The van der Waals surface area contributed by atoms with Gasteiger partial charge in [-0.15, -0.1) is 0 Å².